The normalized spacial score (nSPS) is 25.2. The Morgan fingerprint density at radius 3 is 2.10 bits per heavy atom. The predicted octanol–water partition coefficient (Wildman–Crippen LogP) is 2.72. The maximum absolute atomic E-state index is 12.8. The number of esters is 1. The summed E-state index contributed by atoms with van der Waals surface area (Å²) < 4.78 is 5.11. The summed E-state index contributed by atoms with van der Waals surface area (Å²) in [5.74, 6) is -0.193. The standard InChI is InChI=1S/C16H29NO3/c1-7-20-15(19)13(16(4,5)6)14(18)17-9-11(2)8-12(3)10-17/h11-13H,7-10H2,1-6H3. The number of nitrogens with zero attached hydrogens (tertiary/aromatic N) is 1. The number of hydrogen-bond donors (Lipinski definition) is 0. The highest BCUT2D eigenvalue weighted by Crippen LogP contribution is 2.31. The van der Waals surface area contributed by atoms with Crippen LogP contribution in [0.5, 0.6) is 0 Å². The maximum Gasteiger partial charge on any atom is 0.319 e. The zero-order valence-corrected chi connectivity index (χ0v) is 13.7. The van der Waals surface area contributed by atoms with Crippen LogP contribution in [0.3, 0.4) is 0 Å². The van der Waals surface area contributed by atoms with Crippen LogP contribution in [0.2, 0.25) is 0 Å². The second kappa shape index (κ2) is 6.59. The largest absolute Gasteiger partial charge is 0.465 e. The van der Waals surface area contributed by atoms with E-state index >= 15 is 0 Å². The van der Waals surface area contributed by atoms with E-state index < -0.39 is 17.3 Å². The predicted molar refractivity (Wildman–Crippen MR) is 79.1 cm³/mol. The van der Waals surface area contributed by atoms with Gasteiger partial charge >= 0.3 is 5.97 Å². The number of rotatable bonds is 3. The van der Waals surface area contributed by atoms with Crippen molar-refractivity contribution in [2.24, 2.45) is 23.2 Å². The van der Waals surface area contributed by atoms with Crippen LogP contribution in [-0.2, 0) is 14.3 Å². The van der Waals surface area contributed by atoms with E-state index in [1.54, 1.807) is 6.92 Å². The molecule has 0 aromatic carbocycles. The van der Waals surface area contributed by atoms with Crippen LogP contribution in [0.25, 0.3) is 0 Å². The van der Waals surface area contributed by atoms with Crippen LogP contribution >= 0.6 is 0 Å². The second-order valence-corrected chi connectivity index (χ2v) is 7.24. The fraction of sp³-hybridized carbons (Fsp3) is 0.875. The quantitative estimate of drug-likeness (QED) is 0.591. The Labute approximate surface area is 122 Å². The molecule has 0 bridgehead atoms. The smallest absolute Gasteiger partial charge is 0.319 e. The van der Waals surface area contributed by atoms with Gasteiger partial charge in [-0.25, -0.2) is 0 Å². The Balaban J connectivity index is 2.90. The average molecular weight is 283 g/mol. The summed E-state index contributed by atoms with van der Waals surface area (Å²) in [4.78, 5) is 26.8. The van der Waals surface area contributed by atoms with Crippen LogP contribution in [0.15, 0.2) is 0 Å². The van der Waals surface area contributed by atoms with E-state index in [9.17, 15) is 9.59 Å². The molecule has 3 unspecified atom stereocenters. The molecule has 20 heavy (non-hydrogen) atoms. The number of piperidine rings is 1. The van der Waals surface area contributed by atoms with E-state index in [2.05, 4.69) is 13.8 Å². The molecule has 0 saturated carbocycles. The molecule has 0 N–H and O–H groups in total. The van der Waals surface area contributed by atoms with E-state index in [0.29, 0.717) is 18.4 Å². The second-order valence-electron chi connectivity index (χ2n) is 7.24. The molecule has 0 radical (unpaired) electrons. The van der Waals surface area contributed by atoms with Crippen molar-refractivity contribution in [3.63, 3.8) is 0 Å². The number of hydrogen-bond acceptors (Lipinski definition) is 3. The molecule has 0 spiro atoms. The number of ether oxygens (including phenoxy) is 1. The fourth-order valence-corrected chi connectivity index (χ4v) is 3.08. The molecule has 1 fully saturated rings. The molecule has 116 valence electrons. The summed E-state index contributed by atoms with van der Waals surface area (Å²) >= 11 is 0. The van der Waals surface area contributed by atoms with E-state index in [0.717, 1.165) is 19.5 Å². The lowest BCUT2D eigenvalue weighted by molar-refractivity contribution is -0.161. The van der Waals surface area contributed by atoms with Crippen molar-refractivity contribution in [1.82, 2.24) is 4.90 Å². The highest BCUT2D eigenvalue weighted by Gasteiger charge is 2.42. The Morgan fingerprint density at radius 2 is 1.70 bits per heavy atom. The molecular formula is C16H29NO3. The first-order chi connectivity index (χ1) is 9.16. The minimum Gasteiger partial charge on any atom is -0.465 e. The highest BCUT2D eigenvalue weighted by molar-refractivity contribution is 5.98. The van der Waals surface area contributed by atoms with Gasteiger partial charge in [0.15, 0.2) is 0 Å². The van der Waals surface area contributed by atoms with E-state index in [4.69, 9.17) is 4.74 Å². The van der Waals surface area contributed by atoms with Crippen molar-refractivity contribution in [3.8, 4) is 0 Å². The Kier molecular flexibility index (Phi) is 5.60. The first kappa shape index (κ1) is 17.0. The number of likely N-dealkylation sites (tertiary alicyclic amines) is 1. The van der Waals surface area contributed by atoms with E-state index in [1.807, 2.05) is 25.7 Å². The SMILES string of the molecule is CCOC(=O)C(C(=O)N1CC(C)CC(C)C1)C(C)(C)C. The summed E-state index contributed by atoms with van der Waals surface area (Å²) in [5, 5.41) is 0. The molecule has 4 nitrogen and oxygen atoms in total. The molecule has 1 aliphatic rings. The molecule has 1 heterocycles. The summed E-state index contributed by atoms with van der Waals surface area (Å²) in [6.45, 7) is 13.7. The minimum absolute atomic E-state index is 0.0747. The fourth-order valence-electron chi connectivity index (χ4n) is 3.08. The summed E-state index contributed by atoms with van der Waals surface area (Å²) in [6.07, 6.45) is 1.14. The molecular weight excluding hydrogens is 254 g/mol. The van der Waals surface area contributed by atoms with Crippen molar-refractivity contribution < 1.29 is 14.3 Å². The van der Waals surface area contributed by atoms with Crippen LogP contribution < -0.4 is 0 Å². The lowest BCUT2D eigenvalue weighted by atomic mass is 9.79. The third kappa shape index (κ3) is 4.22. The Morgan fingerprint density at radius 1 is 1.20 bits per heavy atom. The van der Waals surface area contributed by atoms with E-state index in [1.165, 1.54) is 0 Å². The van der Waals surface area contributed by atoms with Gasteiger partial charge in [-0.3, -0.25) is 9.59 Å². The van der Waals surface area contributed by atoms with Gasteiger partial charge in [0.2, 0.25) is 5.91 Å². The third-order valence-electron chi connectivity index (χ3n) is 3.82. The first-order valence-electron chi connectivity index (χ1n) is 7.62. The Hall–Kier alpha value is -1.06. The van der Waals surface area contributed by atoms with Gasteiger partial charge in [-0.2, -0.15) is 0 Å². The zero-order chi connectivity index (χ0) is 15.5. The average Bonchev–Trinajstić information content (AvgIpc) is 2.25. The van der Waals surface area contributed by atoms with Gasteiger partial charge in [-0.05, 0) is 30.6 Å². The number of carbonyl (C=O) groups is 2. The molecule has 4 heteroatoms. The van der Waals surface area contributed by atoms with Gasteiger partial charge in [0, 0.05) is 13.1 Å². The molecule has 3 atom stereocenters. The Bertz CT molecular complexity index is 349. The lowest BCUT2D eigenvalue weighted by Crippen LogP contribution is -2.50. The van der Waals surface area contributed by atoms with E-state index in [-0.39, 0.29) is 5.91 Å². The molecule has 0 aliphatic carbocycles. The maximum atomic E-state index is 12.8. The van der Waals surface area contributed by atoms with Gasteiger partial charge in [0.1, 0.15) is 5.92 Å². The number of carbonyl (C=O) groups excluding carboxylic acids is 2. The summed E-state index contributed by atoms with van der Waals surface area (Å²) in [7, 11) is 0. The summed E-state index contributed by atoms with van der Waals surface area (Å²) in [5.41, 5.74) is -0.423. The van der Waals surface area contributed by atoms with Crippen molar-refractivity contribution >= 4 is 11.9 Å². The van der Waals surface area contributed by atoms with Crippen molar-refractivity contribution in [2.45, 2.75) is 48.0 Å². The minimum atomic E-state index is -0.708. The molecule has 1 rings (SSSR count). The van der Waals surface area contributed by atoms with Crippen molar-refractivity contribution in [1.29, 1.82) is 0 Å². The molecule has 0 aromatic rings. The van der Waals surface area contributed by atoms with Crippen LogP contribution in [0.4, 0.5) is 0 Å². The van der Waals surface area contributed by atoms with Crippen LogP contribution in [0, 0.1) is 23.2 Å². The van der Waals surface area contributed by atoms with Gasteiger partial charge in [0.25, 0.3) is 0 Å². The van der Waals surface area contributed by atoms with Crippen LogP contribution in [0.1, 0.15) is 48.0 Å². The van der Waals surface area contributed by atoms with Crippen molar-refractivity contribution in [2.75, 3.05) is 19.7 Å². The molecule has 1 saturated heterocycles. The third-order valence-corrected chi connectivity index (χ3v) is 3.82. The zero-order valence-electron chi connectivity index (χ0n) is 13.7. The van der Waals surface area contributed by atoms with Gasteiger partial charge in [-0.1, -0.05) is 34.6 Å². The lowest BCUT2D eigenvalue weighted by Gasteiger charge is -2.39. The molecule has 0 aromatic heterocycles. The van der Waals surface area contributed by atoms with Gasteiger partial charge in [-0.15, -0.1) is 0 Å². The summed E-state index contributed by atoms with van der Waals surface area (Å²) in [6, 6.07) is 0. The highest BCUT2D eigenvalue weighted by atomic mass is 16.5. The molecule has 1 amide bonds. The number of amides is 1. The monoisotopic (exact) mass is 283 g/mol. The first-order valence-corrected chi connectivity index (χ1v) is 7.62. The van der Waals surface area contributed by atoms with Gasteiger partial charge < -0.3 is 9.64 Å². The molecule has 1 aliphatic heterocycles. The topological polar surface area (TPSA) is 46.6 Å². The van der Waals surface area contributed by atoms with Crippen molar-refractivity contribution in [3.05, 3.63) is 0 Å². The van der Waals surface area contributed by atoms with Gasteiger partial charge in [0.05, 0.1) is 6.61 Å². The van der Waals surface area contributed by atoms with Crippen LogP contribution in [-0.4, -0.2) is 36.5 Å².